The summed E-state index contributed by atoms with van der Waals surface area (Å²) >= 11 is 0. The summed E-state index contributed by atoms with van der Waals surface area (Å²) in [6, 6.07) is 7.69. The van der Waals surface area contributed by atoms with Gasteiger partial charge < -0.3 is 15.5 Å². The molecule has 1 aliphatic heterocycles. The van der Waals surface area contributed by atoms with Crippen molar-refractivity contribution in [3.63, 3.8) is 0 Å². The maximum absolute atomic E-state index is 12.1. The Morgan fingerprint density at radius 1 is 1.35 bits per heavy atom. The molecule has 1 heterocycles. The van der Waals surface area contributed by atoms with Gasteiger partial charge in [-0.15, -0.1) is 0 Å². The van der Waals surface area contributed by atoms with Crippen LogP contribution in [0.5, 0.6) is 0 Å². The van der Waals surface area contributed by atoms with Gasteiger partial charge in [0, 0.05) is 64.6 Å². The van der Waals surface area contributed by atoms with Crippen LogP contribution in [0.15, 0.2) is 24.3 Å². The first kappa shape index (κ1) is 14.8. The van der Waals surface area contributed by atoms with Gasteiger partial charge in [-0.1, -0.05) is 6.07 Å². The molecule has 2 rings (SSSR count). The van der Waals surface area contributed by atoms with Gasteiger partial charge in [-0.3, -0.25) is 9.69 Å². The molecule has 0 spiro atoms. The zero-order valence-corrected chi connectivity index (χ0v) is 12.4. The molecule has 1 fully saturated rings. The van der Waals surface area contributed by atoms with Gasteiger partial charge in [-0.25, -0.2) is 0 Å². The van der Waals surface area contributed by atoms with Gasteiger partial charge in [-0.05, 0) is 18.2 Å². The molecule has 0 unspecified atom stereocenters. The van der Waals surface area contributed by atoms with Crippen molar-refractivity contribution in [3.8, 4) is 0 Å². The zero-order valence-electron chi connectivity index (χ0n) is 12.4. The minimum absolute atomic E-state index is 0.00355. The quantitative estimate of drug-likeness (QED) is 0.817. The molecule has 110 valence electrons. The second-order valence-corrected chi connectivity index (χ2v) is 5.29. The third kappa shape index (κ3) is 4.21. The number of rotatable bonds is 5. The van der Waals surface area contributed by atoms with E-state index in [4.69, 9.17) is 0 Å². The predicted octanol–water partition coefficient (Wildman–Crippen LogP) is 0.388. The third-order valence-corrected chi connectivity index (χ3v) is 3.55. The van der Waals surface area contributed by atoms with E-state index in [0.29, 0.717) is 6.54 Å². The monoisotopic (exact) mass is 276 g/mol. The number of hydrogen-bond donors (Lipinski definition) is 2. The van der Waals surface area contributed by atoms with E-state index in [0.717, 1.165) is 44.0 Å². The number of nitrogens with zero attached hydrogens (tertiary/aromatic N) is 2. The Hall–Kier alpha value is -1.59. The van der Waals surface area contributed by atoms with Crippen molar-refractivity contribution in [3.05, 3.63) is 29.8 Å². The number of carbonyl (C=O) groups is 1. The van der Waals surface area contributed by atoms with Gasteiger partial charge in [0.25, 0.3) is 5.91 Å². The Morgan fingerprint density at radius 2 is 2.10 bits per heavy atom. The van der Waals surface area contributed by atoms with Crippen molar-refractivity contribution in [1.82, 2.24) is 15.5 Å². The van der Waals surface area contributed by atoms with Crippen LogP contribution >= 0.6 is 0 Å². The van der Waals surface area contributed by atoms with Gasteiger partial charge in [0.05, 0.1) is 0 Å². The van der Waals surface area contributed by atoms with Crippen molar-refractivity contribution in [2.75, 3.05) is 58.3 Å². The lowest BCUT2D eigenvalue weighted by Crippen LogP contribution is -2.46. The smallest absolute Gasteiger partial charge is 0.251 e. The molecular formula is C15H24N4O. The molecule has 1 aliphatic rings. The summed E-state index contributed by atoms with van der Waals surface area (Å²) in [7, 11) is 3.95. The summed E-state index contributed by atoms with van der Waals surface area (Å²) in [5.41, 5.74) is 1.76. The average Bonchev–Trinajstić information content (AvgIpc) is 2.48. The highest BCUT2D eigenvalue weighted by Crippen LogP contribution is 2.13. The molecule has 0 aromatic heterocycles. The number of hydrogen-bond acceptors (Lipinski definition) is 4. The van der Waals surface area contributed by atoms with Crippen molar-refractivity contribution < 1.29 is 4.79 Å². The van der Waals surface area contributed by atoms with Crippen LogP contribution in [-0.4, -0.2) is 64.2 Å². The molecule has 0 radical (unpaired) electrons. The highest BCUT2D eigenvalue weighted by Gasteiger charge is 2.10. The Kier molecular flexibility index (Phi) is 5.38. The van der Waals surface area contributed by atoms with Gasteiger partial charge >= 0.3 is 0 Å². The second-order valence-electron chi connectivity index (χ2n) is 5.29. The summed E-state index contributed by atoms with van der Waals surface area (Å²) in [5, 5.41) is 6.32. The van der Waals surface area contributed by atoms with Crippen molar-refractivity contribution in [1.29, 1.82) is 0 Å². The Morgan fingerprint density at radius 3 is 2.80 bits per heavy atom. The molecule has 5 nitrogen and oxygen atoms in total. The van der Waals surface area contributed by atoms with E-state index in [2.05, 4.69) is 15.5 Å². The number of carbonyl (C=O) groups excluding carboxylic acids is 1. The fourth-order valence-corrected chi connectivity index (χ4v) is 2.29. The average molecular weight is 276 g/mol. The largest absolute Gasteiger partial charge is 0.378 e. The van der Waals surface area contributed by atoms with Crippen molar-refractivity contribution in [2.24, 2.45) is 0 Å². The summed E-state index contributed by atoms with van der Waals surface area (Å²) in [4.78, 5) is 16.5. The predicted molar refractivity (Wildman–Crippen MR) is 82.4 cm³/mol. The molecule has 1 aromatic rings. The minimum Gasteiger partial charge on any atom is -0.378 e. The van der Waals surface area contributed by atoms with E-state index < -0.39 is 0 Å². The Labute approximate surface area is 120 Å². The van der Waals surface area contributed by atoms with Gasteiger partial charge in [0.1, 0.15) is 0 Å². The SMILES string of the molecule is CN(C)c1cccc(C(=O)NCCN2CCNCC2)c1. The van der Waals surface area contributed by atoms with Crippen molar-refractivity contribution in [2.45, 2.75) is 0 Å². The first-order valence-corrected chi connectivity index (χ1v) is 7.15. The molecule has 0 atom stereocenters. The summed E-state index contributed by atoms with van der Waals surface area (Å²) in [5.74, 6) is 0.00355. The minimum atomic E-state index is 0.00355. The van der Waals surface area contributed by atoms with Crippen LogP contribution in [0.3, 0.4) is 0 Å². The molecule has 0 saturated carbocycles. The first-order chi connectivity index (χ1) is 9.66. The maximum atomic E-state index is 12.1. The normalized spacial score (nSPS) is 15.9. The Balaban J connectivity index is 1.80. The highest BCUT2D eigenvalue weighted by atomic mass is 16.1. The molecule has 0 aliphatic carbocycles. The molecule has 1 amide bonds. The Bertz CT molecular complexity index is 441. The molecular weight excluding hydrogens is 252 g/mol. The van der Waals surface area contributed by atoms with E-state index in [1.165, 1.54) is 0 Å². The van der Waals surface area contributed by atoms with E-state index in [9.17, 15) is 4.79 Å². The maximum Gasteiger partial charge on any atom is 0.251 e. The molecule has 5 heteroatoms. The number of piperazine rings is 1. The molecule has 2 N–H and O–H groups in total. The summed E-state index contributed by atoms with van der Waals surface area (Å²) < 4.78 is 0. The number of anilines is 1. The lowest BCUT2D eigenvalue weighted by Gasteiger charge is -2.27. The summed E-state index contributed by atoms with van der Waals surface area (Å²) in [6.45, 7) is 5.82. The van der Waals surface area contributed by atoms with Crippen LogP contribution in [-0.2, 0) is 0 Å². The van der Waals surface area contributed by atoms with Crippen molar-refractivity contribution >= 4 is 11.6 Å². The molecule has 1 saturated heterocycles. The topological polar surface area (TPSA) is 47.6 Å². The fourth-order valence-electron chi connectivity index (χ4n) is 2.29. The van der Waals surface area contributed by atoms with Crippen LogP contribution in [0.2, 0.25) is 0 Å². The molecule has 20 heavy (non-hydrogen) atoms. The zero-order chi connectivity index (χ0) is 14.4. The van der Waals surface area contributed by atoms with Gasteiger partial charge in [-0.2, -0.15) is 0 Å². The van der Waals surface area contributed by atoms with Crippen LogP contribution in [0.4, 0.5) is 5.69 Å². The standard InChI is InChI=1S/C15H24N4O/c1-18(2)14-5-3-4-13(12-14)15(20)17-8-11-19-9-6-16-7-10-19/h3-5,12,16H,6-11H2,1-2H3,(H,17,20). The molecule has 1 aromatic carbocycles. The van der Waals surface area contributed by atoms with Gasteiger partial charge in [0.2, 0.25) is 0 Å². The van der Waals surface area contributed by atoms with E-state index >= 15 is 0 Å². The number of nitrogens with one attached hydrogen (secondary N) is 2. The van der Waals surface area contributed by atoms with E-state index in [-0.39, 0.29) is 5.91 Å². The van der Waals surface area contributed by atoms with E-state index in [1.807, 2.05) is 43.3 Å². The number of benzene rings is 1. The third-order valence-electron chi connectivity index (χ3n) is 3.55. The van der Waals surface area contributed by atoms with Crippen LogP contribution < -0.4 is 15.5 Å². The van der Waals surface area contributed by atoms with Crippen LogP contribution in [0.25, 0.3) is 0 Å². The lowest BCUT2D eigenvalue weighted by atomic mass is 10.2. The first-order valence-electron chi connectivity index (χ1n) is 7.15. The number of amides is 1. The summed E-state index contributed by atoms with van der Waals surface area (Å²) in [6.07, 6.45) is 0. The highest BCUT2D eigenvalue weighted by molar-refractivity contribution is 5.95. The van der Waals surface area contributed by atoms with Crippen LogP contribution in [0, 0.1) is 0 Å². The van der Waals surface area contributed by atoms with Crippen LogP contribution in [0.1, 0.15) is 10.4 Å². The molecule has 0 bridgehead atoms. The lowest BCUT2D eigenvalue weighted by molar-refractivity contribution is 0.0947. The second kappa shape index (κ2) is 7.26. The van der Waals surface area contributed by atoms with Gasteiger partial charge in [0.15, 0.2) is 0 Å². The van der Waals surface area contributed by atoms with E-state index in [1.54, 1.807) is 0 Å². The fraction of sp³-hybridized carbons (Fsp3) is 0.533.